The minimum absolute atomic E-state index is 0.130. The summed E-state index contributed by atoms with van der Waals surface area (Å²) < 4.78 is 0. The molecule has 2 fully saturated rings. The lowest BCUT2D eigenvalue weighted by atomic mass is 10.3. The normalized spacial score (nSPS) is 18.6. The molecule has 2 atom stereocenters. The van der Waals surface area contributed by atoms with Gasteiger partial charge < -0.3 is 31.9 Å². The van der Waals surface area contributed by atoms with Crippen molar-refractivity contribution >= 4 is 45.2 Å². The lowest BCUT2D eigenvalue weighted by Crippen LogP contribution is -2.45. The van der Waals surface area contributed by atoms with Crippen molar-refractivity contribution in [1.82, 2.24) is 20.4 Å². The summed E-state index contributed by atoms with van der Waals surface area (Å²) in [5.74, 6) is 0.534. The van der Waals surface area contributed by atoms with Crippen LogP contribution >= 0.6 is 21.6 Å². The smallest absolute Gasteiger partial charge is 0.237 e. The number of amides is 4. The van der Waals surface area contributed by atoms with Crippen LogP contribution in [0.3, 0.4) is 0 Å². The fraction of sp³-hybridized carbons (Fsp3) is 0.778. The lowest BCUT2D eigenvalue weighted by Gasteiger charge is -2.18. The molecule has 0 aromatic rings. The molecule has 6 N–H and O–H groups in total. The highest BCUT2D eigenvalue weighted by atomic mass is 33.1. The van der Waals surface area contributed by atoms with Gasteiger partial charge in [0.15, 0.2) is 0 Å². The van der Waals surface area contributed by atoms with Crippen molar-refractivity contribution in [2.24, 2.45) is 11.5 Å². The zero-order valence-electron chi connectivity index (χ0n) is 17.1. The first kappa shape index (κ1) is 24.8. The number of hydrogen-bond acceptors (Lipinski definition) is 8. The SMILES string of the molecule is N[C@@H](CSSC[C@H](N)C(=O)NCCN1CCCC1=O)C(=O)NCCN1CCCC1=O. The molecule has 2 aliphatic heterocycles. The first-order valence-electron chi connectivity index (χ1n) is 10.2. The molecule has 12 heteroatoms. The number of rotatable bonds is 13. The third-order valence-electron chi connectivity index (χ3n) is 4.96. The van der Waals surface area contributed by atoms with Crippen LogP contribution in [0.4, 0.5) is 0 Å². The van der Waals surface area contributed by atoms with E-state index in [-0.39, 0.29) is 23.6 Å². The first-order chi connectivity index (χ1) is 14.4. The molecular weight excluding hydrogens is 428 g/mol. The van der Waals surface area contributed by atoms with E-state index in [4.69, 9.17) is 11.5 Å². The van der Waals surface area contributed by atoms with E-state index in [2.05, 4.69) is 10.6 Å². The number of nitrogens with zero attached hydrogens (tertiary/aromatic N) is 2. The molecule has 2 heterocycles. The number of carbonyl (C=O) groups excluding carboxylic acids is 4. The van der Waals surface area contributed by atoms with Crippen LogP contribution in [0.2, 0.25) is 0 Å². The number of nitrogens with one attached hydrogen (secondary N) is 2. The summed E-state index contributed by atoms with van der Waals surface area (Å²) >= 11 is 0. The Bertz CT molecular complexity index is 571. The summed E-state index contributed by atoms with van der Waals surface area (Å²) in [7, 11) is 2.79. The number of hydrogen-bond donors (Lipinski definition) is 4. The molecule has 2 saturated heterocycles. The summed E-state index contributed by atoms with van der Waals surface area (Å²) in [6.45, 7) is 3.30. The molecule has 2 aliphatic rings. The molecule has 0 aromatic carbocycles. The van der Waals surface area contributed by atoms with Crippen LogP contribution < -0.4 is 22.1 Å². The number of likely N-dealkylation sites (tertiary alicyclic amines) is 2. The van der Waals surface area contributed by atoms with Crippen molar-refractivity contribution in [2.75, 3.05) is 50.8 Å². The third-order valence-corrected chi connectivity index (χ3v) is 7.43. The van der Waals surface area contributed by atoms with E-state index in [1.165, 1.54) is 21.6 Å². The Morgan fingerprint density at radius 2 is 1.23 bits per heavy atom. The maximum absolute atomic E-state index is 12.0. The van der Waals surface area contributed by atoms with Crippen molar-refractivity contribution in [2.45, 2.75) is 37.8 Å². The zero-order chi connectivity index (χ0) is 21.9. The Morgan fingerprint density at radius 1 is 0.833 bits per heavy atom. The summed E-state index contributed by atoms with van der Waals surface area (Å²) in [6, 6.07) is -1.33. The quantitative estimate of drug-likeness (QED) is 0.191. The van der Waals surface area contributed by atoms with Crippen LogP contribution in [0.25, 0.3) is 0 Å². The van der Waals surface area contributed by atoms with E-state index < -0.39 is 12.1 Å². The van der Waals surface area contributed by atoms with Gasteiger partial charge in [-0.2, -0.15) is 0 Å². The molecule has 0 radical (unpaired) electrons. The number of nitrogens with two attached hydrogens (primary N) is 2. The van der Waals surface area contributed by atoms with Crippen LogP contribution in [-0.2, 0) is 19.2 Å². The molecule has 30 heavy (non-hydrogen) atoms. The van der Waals surface area contributed by atoms with Gasteiger partial charge in [0.2, 0.25) is 23.6 Å². The van der Waals surface area contributed by atoms with E-state index in [0.29, 0.717) is 50.5 Å². The van der Waals surface area contributed by atoms with Crippen molar-refractivity contribution in [3.63, 3.8) is 0 Å². The van der Waals surface area contributed by atoms with Crippen molar-refractivity contribution in [3.05, 3.63) is 0 Å². The first-order valence-corrected chi connectivity index (χ1v) is 12.7. The van der Waals surface area contributed by atoms with Gasteiger partial charge in [-0.15, -0.1) is 0 Å². The molecule has 2 rings (SSSR count). The van der Waals surface area contributed by atoms with Gasteiger partial charge in [0.1, 0.15) is 0 Å². The monoisotopic (exact) mass is 460 g/mol. The fourth-order valence-corrected chi connectivity index (χ4v) is 5.41. The van der Waals surface area contributed by atoms with E-state index in [0.717, 1.165) is 25.9 Å². The average molecular weight is 461 g/mol. The zero-order valence-corrected chi connectivity index (χ0v) is 18.8. The van der Waals surface area contributed by atoms with Gasteiger partial charge in [0, 0.05) is 63.6 Å². The van der Waals surface area contributed by atoms with E-state index >= 15 is 0 Å². The fourth-order valence-electron chi connectivity index (χ4n) is 3.17. The minimum atomic E-state index is -0.667. The van der Waals surface area contributed by atoms with Crippen LogP contribution in [0.5, 0.6) is 0 Å². The van der Waals surface area contributed by atoms with Gasteiger partial charge in [-0.25, -0.2) is 0 Å². The predicted octanol–water partition coefficient (Wildman–Crippen LogP) is -1.50. The molecule has 10 nitrogen and oxygen atoms in total. The highest BCUT2D eigenvalue weighted by Crippen LogP contribution is 2.22. The summed E-state index contributed by atoms with van der Waals surface area (Å²) in [5.41, 5.74) is 11.8. The lowest BCUT2D eigenvalue weighted by molar-refractivity contribution is -0.128. The maximum atomic E-state index is 12.0. The molecular formula is C18H32N6O4S2. The topological polar surface area (TPSA) is 151 Å². The Morgan fingerprint density at radius 3 is 1.57 bits per heavy atom. The Labute approximate surface area is 185 Å². The summed E-state index contributed by atoms with van der Waals surface area (Å²) in [5, 5.41) is 5.50. The van der Waals surface area contributed by atoms with Gasteiger partial charge in [0.05, 0.1) is 12.1 Å². The molecule has 4 amide bonds. The molecule has 0 spiro atoms. The van der Waals surface area contributed by atoms with Crippen LogP contribution in [0.15, 0.2) is 0 Å². The molecule has 0 aliphatic carbocycles. The van der Waals surface area contributed by atoms with Crippen LogP contribution in [-0.4, -0.2) is 96.3 Å². The van der Waals surface area contributed by atoms with E-state index in [1.807, 2.05) is 0 Å². The van der Waals surface area contributed by atoms with Gasteiger partial charge >= 0.3 is 0 Å². The Balaban J connectivity index is 1.49. The van der Waals surface area contributed by atoms with Crippen LogP contribution in [0, 0.1) is 0 Å². The molecule has 0 unspecified atom stereocenters. The van der Waals surface area contributed by atoms with Gasteiger partial charge in [0.25, 0.3) is 0 Å². The van der Waals surface area contributed by atoms with Crippen molar-refractivity contribution < 1.29 is 19.2 Å². The number of carbonyl (C=O) groups is 4. The van der Waals surface area contributed by atoms with Gasteiger partial charge in [-0.1, -0.05) is 21.6 Å². The van der Waals surface area contributed by atoms with Gasteiger partial charge in [-0.05, 0) is 12.8 Å². The molecule has 0 saturated carbocycles. The highest BCUT2D eigenvalue weighted by Gasteiger charge is 2.21. The maximum Gasteiger partial charge on any atom is 0.237 e. The standard InChI is InChI=1S/C18H32N6O4S2/c19-13(17(27)21-5-9-23-7-1-3-15(23)25)11-29-30-12-14(20)18(28)22-6-10-24-8-2-4-16(24)26/h13-14H,1-12,19-20H2,(H,21,27)(H,22,28)/t13-,14-/m0/s1. The van der Waals surface area contributed by atoms with Gasteiger partial charge in [-0.3, -0.25) is 19.2 Å². The minimum Gasteiger partial charge on any atom is -0.353 e. The average Bonchev–Trinajstić information content (AvgIpc) is 3.32. The predicted molar refractivity (Wildman–Crippen MR) is 119 cm³/mol. The molecule has 170 valence electrons. The summed E-state index contributed by atoms with van der Waals surface area (Å²) in [4.78, 5) is 50.5. The summed E-state index contributed by atoms with van der Waals surface area (Å²) in [6.07, 6.45) is 2.91. The highest BCUT2D eigenvalue weighted by molar-refractivity contribution is 8.76. The van der Waals surface area contributed by atoms with Crippen LogP contribution in [0.1, 0.15) is 25.7 Å². The Kier molecular flexibility index (Phi) is 10.8. The molecule has 0 aromatic heterocycles. The largest absolute Gasteiger partial charge is 0.353 e. The molecule has 0 bridgehead atoms. The second kappa shape index (κ2) is 13.0. The van der Waals surface area contributed by atoms with Crippen molar-refractivity contribution in [1.29, 1.82) is 0 Å². The second-order valence-corrected chi connectivity index (χ2v) is 9.89. The second-order valence-electron chi connectivity index (χ2n) is 7.33. The van der Waals surface area contributed by atoms with E-state index in [1.54, 1.807) is 9.80 Å². The van der Waals surface area contributed by atoms with Crippen molar-refractivity contribution in [3.8, 4) is 0 Å². The van der Waals surface area contributed by atoms with E-state index in [9.17, 15) is 19.2 Å². The Hall–Kier alpha value is -1.50. The third kappa shape index (κ3) is 8.32.